The molecular weight excluding hydrogens is 166 g/mol. The molecule has 0 amide bonds. The van der Waals surface area contributed by atoms with E-state index in [1.54, 1.807) is 0 Å². The topological polar surface area (TPSA) is 32.3 Å². The summed E-state index contributed by atoms with van der Waals surface area (Å²) in [7, 11) is -0.405. The van der Waals surface area contributed by atoms with E-state index in [1.165, 1.54) is 37.4 Å². The summed E-state index contributed by atoms with van der Waals surface area (Å²) in [4.78, 5) is 0. The van der Waals surface area contributed by atoms with Crippen molar-refractivity contribution in [1.82, 2.24) is 5.32 Å². The van der Waals surface area contributed by atoms with Crippen molar-refractivity contribution < 1.29 is 5.11 Å². The lowest BCUT2D eigenvalue weighted by Crippen LogP contribution is -2.39. The van der Waals surface area contributed by atoms with E-state index in [1.807, 2.05) is 0 Å². The molecule has 70 valence electrons. The molecule has 2 N–H and O–H groups in total. The predicted octanol–water partition coefficient (Wildman–Crippen LogP) is 0.730. The second-order valence-corrected chi connectivity index (χ2v) is 7.66. The van der Waals surface area contributed by atoms with Crippen LogP contribution in [0.1, 0.15) is 19.3 Å². The van der Waals surface area contributed by atoms with Crippen LogP contribution < -0.4 is 5.32 Å². The van der Waals surface area contributed by atoms with Gasteiger partial charge in [-0.25, -0.2) is 0 Å². The van der Waals surface area contributed by atoms with Crippen LogP contribution in [0.5, 0.6) is 0 Å². The van der Waals surface area contributed by atoms with E-state index in [0.29, 0.717) is 6.04 Å². The molecule has 0 spiro atoms. The van der Waals surface area contributed by atoms with Gasteiger partial charge in [0.05, 0.1) is 6.10 Å². The van der Waals surface area contributed by atoms with Crippen molar-refractivity contribution in [3.63, 3.8) is 0 Å². The Morgan fingerprint density at radius 2 is 2.25 bits per heavy atom. The molecule has 2 atom stereocenters. The molecule has 0 bridgehead atoms. The third-order valence-corrected chi connectivity index (χ3v) is 6.96. The van der Waals surface area contributed by atoms with Crippen molar-refractivity contribution in [3.8, 4) is 0 Å². The van der Waals surface area contributed by atoms with E-state index in [0.717, 1.165) is 6.54 Å². The molecule has 0 aromatic carbocycles. The molecule has 0 aliphatic carbocycles. The Hall–Kier alpha value is 0.137. The molecule has 0 aromatic heterocycles. The molecule has 2 nitrogen and oxygen atoms in total. The van der Waals surface area contributed by atoms with Crippen LogP contribution in [0, 0.1) is 0 Å². The highest BCUT2D eigenvalue weighted by molar-refractivity contribution is 6.61. The Labute approximate surface area is 76.0 Å². The van der Waals surface area contributed by atoms with Crippen molar-refractivity contribution in [3.05, 3.63) is 0 Å². The van der Waals surface area contributed by atoms with Crippen LogP contribution in [0.25, 0.3) is 0 Å². The predicted molar refractivity (Wildman–Crippen MR) is 53.2 cm³/mol. The summed E-state index contributed by atoms with van der Waals surface area (Å²) in [6, 6.07) is 4.60. The zero-order valence-electron chi connectivity index (χ0n) is 7.63. The summed E-state index contributed by atoms with van der Waals surface area (Å²) in [5, 5.41) is 13.2. The SMILES string of the molecule is O[C@H](C[SiH]1CCC1)[C@@H]1CCCN1. The lowest BCUT2D eigenvalue weighted by molar-refractivity contribution is 0.153. The quantitative estimate of drug-likeness (QED) is 0.635. The summed E-state index contributed by atoms with van der Waals surface area (Å²) < 4.78 is 0. The minimum Gasteiger partial charge on any atom is -0.392 e. The number of aliphatic hydroxyl groups is 1. The minimum atomic E-state index is -0.405. The van der Waals surface area contributed by atoms with Crippen LogP contribution in [-0.4, -0.2) is 32.6 Å². The number of hydrogen-bond donors (Lipinski definition) is 2. The average Bonchev–Trinajstić information content (AvgIpc) is 2.47. The molecule has 2 aliphatic rings. The van der Waals surface area contributed by atoms with Gasteiger partial charge in [0.25, 0.3) is 0 Å². The molecule has 2 rings (SSSR count). The molecular formula is C9H19NOSi. The zero-order valence-corrected chi connectivity index (χ0v) is 8.78. The van der Waals surface area contributed by atoms with Gasteiger partial charge in [-0.3, -0.25) is 0 Å². The Balaban J connectivity index is 1.71. The molecule has 0 saturated carbocycles. The summed E-state index contributed by atoms with van der Waals surface area (Å²) in [6.45, 7) is 1.12. The fourth-order valence-corrected chi connectivity index (χ4v) is 4.74. The first-order chi connectivity index (χ1) is 5.86. The number of hydrogen-bond acceptors (Lipinski definition) is 2. The van der Waals surface area contributed by atoms with Crippen molar-refractivity contribution in [1.29, 1.82) is 0 Å². The Morgan fingerprint density at radius 1 is 1.42 bits per heavy atom. The van der Waals surface area contributed by atoms with Crippen LogP contribution in [0.2, 0.25) is 18.1 Å². The third kappa shape index (κ3) is 1.89. The molecule has 2 fully saturated rings. The van der Waals surface area contributed by atoms with Crippen LogP contribution in [0.3, 0.4) is 0 Å². The largest absolute Gasteiger partial charge is 0.392 e. The highest BCUT2D eigenvalue weighted by Gasteiger charge is 2.28. The molecule has 2 aliphatic heterocycles. The van der Waals surface area contributed by atoms with Gasteiger partial charge in [-0.15, -0.1) is 0 Å². The van der Waals surface area contributed by atoms with E-state index in [9.17, 15) is 5.11 Å². The smallest absolute Gasteiger partial charge is 0.0667 e. The Kier molecular flexibility index (Phi) is 2.83. The Bertz CT molecular complexity index is 143. The number of aliphatic hydroxyl groups excluding tert-OH is 1. The summed E-state index contributed by atoms with van der Waals surface area (Å²) in [5.74, 6) is 0. The van der Waals surface area contributed by atoms with Crippen LogP contribution in [-0.2, 0) is 0 Å². The van der Waals surface area contributed by atoms with Gasteiger partial charge in [0, 0.05) is 14.8 Å². The second kappa shape index (κ2) is 3.90. The lowest BCUT2D eigenvalue weighted by Gasteiger charge is -2.28. The highest BCUT2D eigenvalue weighted by atomic mass is 28.3. The molecule has 0 radical (unpaired) electrons. The van der Waals surface area contributed by atoms with Crippen LogP contribution in [0.4, 0.5) is 0 Å². The molecule has 2 heterocycles. The van der Waals surface area contributed by atoms with Crippen molar-refractivity contribution in [2.45, 2.75) is 49.5 Å². The fourth-order valence-electron chi connectivity index (χ4n) is 2.27. The third-order valence-electron chi connectivity index (χ3n) is 3.36. The van der Waals surface area contributed by atoms with Crippen LogP contribution >= 0.6 is 0 Å². The first-order valence-electron chi connectivity index (χ1n) is 5.28. The van der Waals surface area contributed by atoms with Crippen molar-refractivity contribution in [2.75, 3.05) is 6.54 Å². The lowest BCUT2D eigenvalue weighted by atomic mass is 10.1. The van der Waals surface area contributed by atoms with Gasteiger partial charge in [-0.2, -0.15) is 0 Å². The number of rotatable bonds is 3. The van der Waals surface area contributed by atoms with E-state index >= 15 is 0 Å². The van der Waals surface area contributed by atoms with E-state index in [-0.39, 0.29) is 6.10 Å². The maximum Gasteiger partial charge on any atom is 0.0667 e. The van der Waals surface area contributed by atoms with Gasteiger partial charge < -0.3 is 10.4 Å². The van der Waals surface area contributed by atoms with Gasteiger partial charge in [-0.05, 0) is 25.4 Å². The van der Waals surface area contributed by atoms with E-state index in [4.69, 9.17) is 0 Å². The molecule has 0 aromatic rings. The normalized spacial score (nSPS) is 33.2. The highest BCUT2D eigenvalue weighted by Crippen LogP contribution is 2.26. The van der Waals surface area contributed by atoms with Gasteiger partial charge in [-0.1, -0.05) is 18.5 Å². The van der Waals surface area contributed by atoms with Gasteiger partial charge in [0.1, 0.15) is 0 Å². The molecule has 0 unspecified atom stereocenters. The van der Waals surface area contributed by atoms with Crippen molar-refractivity contribution >= 4 is 8.80 Å². The Morgan fingerprint density at radius 3 is 2.75 bits per heavy atom. The molecule has 3 heteroatoms. The zero-order chi connectivity index (χ0) is 8.39. The molecule has 2 saturated heterocycles. The maximum atomic E-state index is 9.86. The van der Waals surface area contributed by atoms with E-state index in [2.05, 4.69) is 5.32 Å². The molecule has 12 heavy (non-hydrogen) atoms. The fraction of sp³-hybridized carbons (Fsp3) is 1.00. The summed E-state index contributed by atoms with van der Waals surface area (Å²) in [5.41, 5.74) is 0. The summed E-state index contributed by atoms with van der Waals surface area (Å²) >= 11 is 0. The van der Waals surface area contributed by atoms with Gasteiger partial charge >= 0.3 is 0 Å². The first kappa shape index (κ1) is 8.72. The monoisotopic (exact) mass is 185 g/mol. The van der Waals surface area contributed by atoms with Crippen LogP contribution in [0.15, 0.2) is 0 Å². The minimum absolute atomic E-state index is 0.00975. The van der Waals surface area contributed by atoms with Crippen molar-refractivity contribution in [2.24, 2.45) is 0 Å². The number of nitrogens with one attached hydrogen (secondary N) is 1. The maximum absolute atomic E-state index is 9.86. The second-order valence-electron chi connectivity index (χ2n) is 4.30. The van der Waals surface area contributed by atoms with Gasteiger partial charge in [0.2, 0.25) is 0 Å². The summed E-state index contributed by atoms with van der Waals surface area (Å²) in [6.07, 6.45) is 3.89. The average molecular weight is 185 g/mol. The first-order valence-corrected chi connectivity index (χ1v) is 7.72. The standard InChI is InChI=1S/C9H19NOSi/c11-9(7-12-5-2-6-12)8-3-1-4-10-8/h8-12H,1-7H2/t8-,9+/m0/s1. The van der Waals surface area contributed by atoms with Gasteiger partial charge in [0.15, 0.2) is 0 Å². The van der Waals surface area contributed by atoms with E-state index < -0.39 is 8.80 Å².